The summed E-state index contributed by atoms with van der Waals surface area (Å²) < 4.78 is 5.48. The minimum Gasteiger partial charge on any atom is -0.444 e. The number of amides is 1. The number of piperidine rings is 1. The van der Waals surface area contributed by atoms with E-state index in [-0.39, 0.29) is 12.1 Å². The summed E-state index contributed by atoms with van der Waals surface area (Å²) in [7, 11) is 0. The summed E-state index contributed by atoms with van der Waals surface area (Å²) in [6, 6.07) is 6.07. The molecule has 162 valence electrons. The van der Waals surface area contributed by atoms with E-state index in [0.29, 0.717) is 25.6 Å². The normalized spacial score (nSPS) is 15.0. The van der Waals surface area contributed by atoms with Crippen molar-refractivity contribution in [3.63, 3.8) is 0 Å². The summed E-state index contributed by atoms with van der Waals surface area (Å²) in [4.78, 5) is 27.6. The van der Waals surface area contributed by atoms with Crippen LogP contribution < -0.4 is 10.6 Å². The number of nitrogens with one attached hydrogen (secondary N) is 2. The topological polar surface area (TPSA) is 92.3 Å². The van der Waals surface area contributed by atoms with Crippen molar-refractivity contribution in [2.24, 2.45) is 0 Å². The van der Waals surface area contributed by atoms with Crippen molar-refractivity contribution in [3.05, 3.63) is 41.3 Å². The third kappa shape index (κ3) is 6.05. The third-order valence-corrected chi connectivity index (χ3v) is 5.03. The molecule has 3 rings (SSSR count). The molecule has 0 saturated carbocycles. The molecular weight excluding hydrogens is 380 g/mol. The molecule has 1 fully saturated rings. The Morgan fingerprint density at radius 3 is 2.57 bits per heavy atom. The van der Waals surface area contributed by atoms with Gasteiger partial charge in [0.05, 0.1) is 12.2 Å². The Balaban J connectivity index is 1.58. The van der Waals surface area contributed by atoms with Crippen molar-refractivity contribution in [2.75, 3.05) is 23.7 Å². The van der Waals surface area contributed by atoms with E-state index >= 15 is 0 Å². The second kappa shape index (κ2) is 9.28. The van der Waals surface area contributed by atoms with Gasteiger partial charge in [0.15, 0.2) is 0 Å². The molecule has 8 nitrogen and oxygen atoms in total. The average Bonchev–Trinajstić information content (AvgIpc) is 2.70. The highest BCUT2D eigenvalue weighted by Crippen LogP contribution is 2.22. The van der Waals surface area contributed by atoms with E-state index in [2.05, 4.69) is 25.6 Å². The summed E-state index contributed by atoms with van der Waals surface area (Å²) in [5.41, 5.74) is 2.43. The molecule has 0 aliphatic carbocycles. The number of ether oxygens (including phenoxy) is 1. The Morgan fingerprint density at radius 1 is 1.20 bits per heavy atom. The van der Waals surface area contributed by atoms with E-state index in [1.54, 1.807) is 11.1 Å². The Labute approximate surface area is 178 Å². The number of pyridine rings is 1. The van der Waals surface area contributed by atoms with Gasteiger partial charge in [-0.1, -0.05) is 6.07 Å². The second-order valence-electron chi connectivity index (χ2n) is 8.67. The van der Waals surface area contributed by atoms with Gasteiger partial charge >= 0.3 is 6.09 Å². The first-order valence-electron chi connectivity index (χ1n) is 10.4. The molecule has 0 spiro atoms. The van der Waals surface area contributed by atoms with E-state index in [9.17, 15) is 4.79 Å². The minimum absolute atomic E-state index is 0.240. The fourth-order valence-corrected chi connectivity index (χ4v) is 3.25. The molecular formula is C22H32N6O2. The van der Waals surface area contributed by atoms with Crippen LogP contribution in [0.3, 0.4) is 0 Å². The van der Waals surface area contributed by atoms with Crippen molar-refractivity contribution in [2.45, 2.75) is 65.6 Å². The van der Waals surface area contributed by atoms with Gasteiger partial charge in [-0.2, -0.15) is 4.98 Å². The van der Waals surface area contributed by atoms with E-state index in [1.165, 1.54) is 0 Å². The lowest BCUT2D eigenvalue weighted by atomic mass is 10.0. The lowest BCUT2D eigenvalue weighted by Gasteiger charge is -2.34. The first kappa shape index (κ1) is 21.8. The van der Waals surface area contributed by atoms with Crippen molar-refractivity contribution in [1.29, 1.82) is 0 Å². The Bertz CT molecular complexity index is 858. The molecule has 2 N–H and O–H groups in total. The summed E-state index contributed by atoms with van der Waals surface area (Å²) in [6.45, 7) is 11.6. The summed E-state index contributed by atoms with van der Waals surface area (Å²) in [6.07, 6.45) is 3.22. The Hall–Kier alpha value is -2.90. The molecule has 1 amide bonds. The number of hydrogen-bond acceptors (Lipinski definition) is 7. The maximum atomic E-state index is 12.3. The maximum Gasteiger partial charge on any atom is 0.410 e. The fraction of sp³-hybridized carbons (Fsp3) is 0.545. The number of nitrogens with zero attached hydrogens (tertiary/aromatic N) is 4. The van der Waals surface area contributed by atoms with Gasteiger partial charge in [0.25, 0.3) is 0 Å². The molecule has 0 bridgehead atoms. The molecule has 3 heterocycles. The largest absolute Gasteiger partial charge is 0.444 e. The predicted octanol–water partition coefficient (Wildman–Crippen LogP) is 3.91. The molecule has 0 unspecified atom stereocenters. The van der Waals surface area contributed by atoms with Gasteiger partial charge in [-0.3, -0.25) is 4.98 Å². The molecule has 0 atom stereocenters. The summed E-state index contributed by atoms with van der Waals surface area (Å²) >= 11 is 0. The van der Waals surface area contributed by atoms with E-state index in [0.717, 1.165) is 35.6 Å². The number of likely N-dealkylation sites (tertiary alicyclic amines) is 1. The Morgan fingerprint density at radius 2 is 1.93 bits per heavy atom. The predicted molar refractivity (Wildman–Crippen MR) is 118 cm³/mol. The monoisotopic (exact) mass is 412 g/mol. The molecule has 0 aromatic carbocycles. The molecule has 1 aliphatic heterocycles. The lowest BCUT2D eigenvalue weighted by Crippen LogP contribution is -2.44. The fourth-order valence-electron chi connectivity index (χ4n) is 3.25. The number of hydrogen-bond donors (Lipinski definition) is 2. The van der Waals surface area contributed by atoms with Crippen LogP contribution >= 0.6 is 0 Å². The van der Waals surface area contributed by atoms with Gasteiger partial charge in [-0.25, -0.2) is 9.78 Å². The zero-order chi connectivity index (χ0) is 21.7. The van der Waals surface area contributed by atoms with Crippen molar-refractivity contribution >= 4 is 17.9 Å². The molecule has 2 aromatic heterocycles. The van der Waals surface area contributed by atoms with Gasteiger partial charge in [0.1, 0.15) is 11.4 Å². The standard InChI is InChI=1S/C22H32N6O2/c1-15-16(2)25-20(24-14-18-8-6-7-11-23-18)27-19(15)26-17-9-12-28(13-10-17)21(29)30-22(3,4)5/h6-8,11,17H,9-10,12-14H2,1-5H3,(H2,24,25,26,27). The average molecular weight is 413 g/mol. The van der Waals surface area contributed by atoms with Gasteiger partial charge in [-0.05, 0) is 59.6 Å². The van der Waals surface area contributed by atoms with Gasteiger partial charge in [0.2, 0.25) is 5.95 Å². The molecule has 2 aromatic rings. The van der Waals surface area contributed by atoms with Crippen LogP contribution in [0.25, 0.3) is 0 Å². The molecule has 1 aliphatic rings. The molecule has 30 heavy (non-hydrogen) atoms. The second-order valence-corrected chi connectivity index (χ2v) is 8.67. The van der Waals surface area contributed by atoms with Crippen LogP contribution in [0.1, 0.15) is 50.6 Å². The van der Waals surface area contributed by atoms with Crippen molar-refractivity contribution in [3.8, 4) is 0 Å². The summed E-state index contributed by atoms with van der Waals surface area (Å²) in [5, 5.41) is 6.81. The van der Waals surface area contributed by atoms with Crippen LogP contribution in [0.15, 0.2) is 24.4 Å². The molecule has 8 heteroatoms. The Kier molecular flexibility index (Phi) is 6.74. The number of carbonyl (C=O) groups excluding carboxylic acids is 1. The number of anilines is 2. The van der Waals surface area contributed by atoms with Crippen LogP contribution in [0, 0.1) is 13.8 Å². The smallest absolute Gasteiger partial charge is 0.410 e. The number of aromatic nitrogens is 3. The van der Waals surface area contributed by atoms with Crippen LogP contribution in [0.5, 0.6) is 0 Å². The van der Waals surface area contributed by atoms with E-state index in [1.807, 2.05) is 52.8 Å². The third-order valence-electron chi connectivity index (χ3n) is 5.03. The van der Waals surface area contributed by atoms with Gasteiger partial charge < -0.3 is 20.3 Å². The number of rotatable bonds is 5. The zero-order valence-electron chi connectivity index (χ0n) is 18.5. The summed E-state index contributed by atoms with van der Waals surface area (Å²) in [5.74, 6) is 1.42. The SMILES string of the molecule is Cc1nc(NCc2ccccn2)nc(NC2CCN(C(=O)OC(C)(C)C)CC2)c1C. The zero-order valence-corrected chi connectivity index (χ0v) is 18.5. The van der Waals surface area contributed by atoms with Gasteiger partial charge in [0, 0.05) is 36.6 Å². The first-order valence-corrected chi connectivity index (χ1v) is 10.4. The maximum absolute atomic E-state index is 12.3. The van der Waals surface area contributed by atoms with Crippen LogP contribution in [0.2, 0.25) is 0 Å². The molecule has 1 saturated heterocycles. The van der Waals surface area contributed by atoms with E-state index < -0.39 is 5.60 Å². The number of carbonyl (C=O) groups is 1. The van der Waals surface area contributed by atoms with Gasteiger partial charge in [-0.15, -0.1) is 0 Å². The highest BCUT2D eigenvalue weighted by Gasteiger charge is 2.27. The van der Waals surface area contributed by atoms with E-state index in [4.69, 9.17) is 4.74 Å². The lowest BCUT2D eigenvalue weighted by molar-refractivity contribution is 0.0210. The van der Waals surface area contributed by atoms with Crippen molar-refractivity contribution < 1.29 is 9.53 Å². The van der Waals surface area contributed by atoms with Crippen LogP contribution in [-0.4, -0.2) is 50.7 Å². The van der Waals surface area contributed by atoms with Crippen LogP contribution in [-0.2, 0) is 11.3 Å². The highest BCUT2D eigenvalue weighted by molar-refractivity contribution is 5.68. The minimum atomic E-state index is -0.472. The van der Waals surface area contributed by atoms with Crippen molar-refractivity contribution in [1.82, 2.24) is 19.9 Å². The quantitative estimate of drug-likeness (QED) is 0.769. The molecule has 0 radical (unpaired) electrons. The van der Waals surface area contributed by atoms with Crippen LogP contribution in [0.4, 0.5) is 16.6 Å². The number of aryl methyl sites for hydroxylation is 1. The highest BCUT2D eigenvalue weighted by atomic mass is 16.6. The first-order chi connectivity index (χ1) is 14.2.